The highest BCUT2D eigenvalue weighted by Gasteiger charge is 2.15. The maximum atomic E-state index is 11.5. The van der Waals surface area contributed by atoms with Crippen LogP contribution in [0.5, 0.6) is 0 Å². The summed E-state index contributed by atoms with van der Waals surface area (Å²) in [5, 5.41) is 16.1. The molecule has 0 saturated carbocycles. The minimum atomic E-state index is -0.585. The molecule has 0 fully saturated rings. The molecule has 0 aliphatic carbocycles. The highest BCUT2D eigenvalue weighted by atomic mass is 32.1. The molecule has 8 heteroatoms. The first-order valence-electron chi connectivity index (χ1n) is 5.23. The van der Waals surface area contributed by atoms with Gasteiger partial charge >= 0.3 is 5.69 Å². The number of hydrogen-bond acceptors (Lipinski definition) is 6. The normalized spacial score (nSPS) is 10.7. The van der Waals surface area contributed by atoms with Gasteiger partial charge in [-0.25, -0.2) is 5.43 Å². The maximum Gasteiger partial charge on any atom is 0.316 e. The van der Waals surface area contributed by atoms with Crippen molar-refractivity contribution in [2.75, 3.05) is 0 Å². The van der Waals surface area contributed by atoms with Crippen LogP contribution < -0.4 is 5.43 Å². The van der Waals surface area contributed by atoms with Crippen molar-refractivity contribution in [2.24, 2.45) is 5.10 Å². The van der Waals surface area contributed by atoms with E-state index in [1.165, 1.54) is 23.7 Å². The van der Waals surface area contributed by atoms with Gasteiger partial charge in [-0.3, -0.25) is 14.9 Å². The Morgan fingerprint density at radius 2 is 2.42 bits per heavy atom. The molecule has 98 valence electrons. The number of hydrogen-bond donors (Lipinski definition) is 1. The van der Waals surface area contributed by atoms with E-state index in [0.717, 1.165) is 11.1 Å². The molecule has 1 N–H and O–H groups in total. The largest absolute Gasteiger partial charge is 0.456 e. The third-order valence-electron chi connectivity index (χ3n) is 2.16. The molecule has 1 amide bonds. The molecule has 2 heterocycles. The molecule has 2 rings (SSSR count). The van der Waals surface area contributed by atoms with Crippen LogP contribution in [0.25, 0.3) is 0 Å². The Bertz CT molecular complexity index is 603. The molecule has 0 unspecified atom stereocenters. The minimum Gasteiger partial charge on any atom is -0.456 e. The van der Waals surface area contributed by atoms with E-state index < -0.39 is 4.92 Å². The van der Waals surface area contributed by atoms with Crippen molar-refractivity contribution in [1.82, 2.24) is 5.43 Å². The predicted molar refractivity (Wildman–Crippen MR) is 69.1 cm³/mol. The number of amides is 1. The molecule has 0 aliphatic heterocycles. The predicted octanol–water partition coefficient (Wildman–Crippen LogP) is 1.94. The summed E-state index contributed by atoms with van der Waals surface area (Å²) in [6.45, 7) is 0. The van der Waals surface area contributed by atoms with Crippen LogP contribution in [0.4, 0.5) is 5.69 Å². The van der Waals surface area contributed by atoms with E-state index in [2.05, 4.69) is 10.5 Å². The number of hydrazone groups is 1. The second-order valence-corrected chi connectivity index (χ2v) is 4.51. The van der Waals surface area contributed by atoms with Gasteiger partial charge in [0.2, 0.25) is 11.7 Å². The number of nitrogens with one attached hydrogen (secondary N) is 1. The van der Waals surface area contributed by atoms with Gasteiger partial charge < -0.3 is 4.42 Å². The minimum absolute atomic E-state index is 0.0126. The Labute approximate surface area is 111 Å². The van der Waals surface area contributed by atoms with Crippen LogP contribution in [-0.2, 0) is 11.2 Å². The van der Waals surface area contributed by atoms with E-state index in [9.17, 15) is 14.9 Å². The molecular formula is C11H9N3O4S. The second-order valence-electron chi connectivity index (χ2n) is 3.48. The van der Waals surface area contributed by atoms with Gasteiger partial charge in [0.1, 0.15) is 0 Å². The van der Waals surface area contributed by atoms with E-state index in [-0.39, 0.29) is 23.8 Å². The zero-order chi connectivity index (χ0) is 13.7. The fourth-order valence-electron chi connectivity index (χ4n) is 1.34. The Balaban J connectivity index is 1.91. The zero-order valence-electron chi connectivity index (χ0n) is 9.61. The molecule has 0 bridgehead atoms. The van der Waals surface area contributed by atoms with Crippen molar-refractivity contribution in [1.29, 1.82) is 0 Å². The van der Waals surface area contributed by atoms with Gasteiger partial charge in [-0.1, -0.05) is 6.07 Å². The van der Waals surface area contributed by atoms with Gasteiger partial charge in [-0.15, -0.1) is 11.3 Å². The van der Waals surface area contributed by atoms with E-state index >= 15 is 0 Å². The fraction of sp³-hybridized carbons (Fsp3) is 0.0909. The van der Waals surface area contributed by atoms with Crippen LogP contribution in [0.1, 0.15) is 10.6 Å². The summed E-state index contributed by atoms with van der Waals surface area (Å²) in [6, 6.07) is 4.91. The first-order chi connectivity index (χ1) is 9.16. The van der Waals surface area contributed by atoms with Crippen LogP contribution in [0.3, 0.4) is 0 Å². The Kier molecular flexibility index (Phi) is 4.04. The lowest BCUT2D eigenvalue weighted by Crippen LogP contribution is -2.19. The van der Waals surface area contributed by atoms with Gasteiger partial charge in [0.05, 0.1) is 29.9 Å². The van der Waals surface area contributed by atoms with E-state index in [1.807, 2.05) is 17.5 Å². The van der Waals surface area contributed by atoms with Crippen molar-refractivity contribution in [3.63, 3.8) is 0 Å². The van der Waals surface area contributed by atoms with Crippen LogP contribution in [0.2, 0.25) is 0 Å². The Morgan fingerprint density at radius 3 is 3.11 bits per heavy atom. The van der Waals surface area contributed by atoms with Crippen LogP contribution in [-0.4, -0.2) is 17.0 Å². The monoisotopic (exact) mass is 279 g/mol. The van der Waals surface area contributed by atoms with Gasteiger partial charge in [0.15, 0.2) is 0 Å². The van der Waals surface area contributed by atoms with Crippen molar-refractivity contribution in [3.05, 3.63) is 50.6 Å². The summed E-state index contributed by atoms with van der Waals surface area (Å²) in [6.07, 6.45) is 2.51. The third kappa shape index (κ3) is 3.49. The van der Waals surface area contributed by atoms with E-state index in [0.29, 0.717) is 0 Å². The molecule has 2 aromatic rings. The van der Waals surface area contributed by atoms with Crippen molar-refractivity contribution in [3.8, 4) is 0 Å². The van der Waals surface area contributed by atoms with Crippen LogP contribution >= 0.6 is 11.3 Å². The molecule has 0 aliphatic rings. The summed E-state index contributed by atoms with van der Waals surface area (Å²) in [7, 11) is 0. The Morgan fingerprint density at radius 1 is 1.58 bits per heavy atom. The summed E-state index contributed by atoms with van der Waals surface area (Å²) in [5.74, 6) is -0.311. The first-order valence-corrected chi connectivity index (χ1v) is 6.11. The summed E-state index contributed by atoms with van der Waals surface area (Å²) >= 11 is 1.47. The van der Waals surface area contributed by atoms with Crippen molar-refractivity contribution < 1.29 is 14.1 Å². The number of carbonyl (C=O) groups is 1. The second kappa shape index (κ2) is 5.91. The van der Waals surface area contributed by atoms with Crippen LogP contribution in [0.15, 0.2) is 39.4 Å². The highest BCUT2D eigenvalue weighted by Crippen LogP contribution is 2.16. The average molecular weight is 279 g/mol. The lowest BCUT2D eigenvalue weighted by Gasteiger charge is -1.96. The van der Waals surface area contributed by atoms with Crippen molar-refractivity contribution in [2.45, 2.75) is 6.42 Å². The molecule has 0 aromatic carbocycles. The highest BCUT2D eigenvalue weighted by molar-refractivity contribution is 7.10. The smallest absolute Gasteiger partial charge is 0.316 e. The molecule has 0 atom stereocenters. The third-order valence-corrected chi connectivity index (χ3v) is 3.03. The Hall–Kier alpha value is -2.48. The first kappa shape index (κ1) is 13.0. The molecule has 7 nitrogen and oxygen atoms in total. The number of nitrogens with zero attached hydrogens (tertiary/aromatic N) is 2. The molecule has 19 heavy (non-hydrogen) atoms. The molecule has 0 radical (unpaired) electrons. The fourth-order valence-corrected chi connectivity index (χ4v) is 2.04. The summed E-state index contributed by atoms with van der Waals surface area (Å²) in [4.78, 5) is 22.4. The topological polar surface area (TPSA) is 97.7 Å². The maximum absolute atomic E-state index is 11.5. The molecule has 0 saturated heterocycles. The van der Waals surface area contributed by atoms with Gasteiger partial charge in [0, 0.05) is 4.88 Å². The molecular weight excluding hydrogens is 270 g/mol. The molecule has 2 aromatic heterocycles. The SMILES string of the molecule is O=C(Cc1cccs1)N/N=C/c1occc1[N+](=O)[O-]. The van der Waals surface area contributed by atoms with E-state index in [1.54, 1.807) is 0 Å². The van der Waals surface area contributed by atoms with Gasteiger partial charge in [0.25, 0.3) is 0 Å². The number of nitro groups is 1. The van der Waals surface area contributed by atoms with Crippen molar-refractivity contribution >= 4 is 29.1 Å². The number of carbonyl (C=O) groups excluding carboxylic acids is 1. The molecule has 0 spiro atoms. The summed E-state index contributed by atoms with van der Waals surface area (Å²) in [5.41, 5.74) is 2.08. The lowest BCUT2D eigenvalue weighted by atomic mass is 10.3. The average Bonchev–Trinajstić information content (AvgIpc) is 2.99. The number of rotatable bonds is 5. The number of thiophene rings is 1. The summed E-state index contributed by atoms with van der Waals surface area (Å²) < 4.78 is 4.87. The lowest BCUT2D eigenvalue weighted by molar-refractivity contribution is -0.385. The van der Waals surface area contributed by atoms with Gasteiger partial charge in [-0.05, 0) is 11.4 Å². The standard InChI is InChI=1S/C11H9N3O4S/c15-11(6-8-2-1-5-19-8)13-12-7-10-9(14(16)17)3-4-18-10/h1-5,7H,6H2,(H,13,15)/b12-7+. The van der Waals surface area contributed by atoms with Gasteiger partial charge in [-0.2, -0.15) is 5.10 Å². The quantitative estimate of drug-likeness (QED) is 0.513. The van der Waals surface area contributed by atoms with Crippen LogP contribution in [0, 0.1) is 10.1 Å². The number of furan rings is 1. The van der Waals surface area contributed by atoms with E-state index in [4.69, 9.17) is 4.42 Å². The zero-order valence-corrected chi connectivity index (χ0v) is 10.4.